The highest BCUT2D eigenvalue weighted by Gasteiger charge is 2.33. The van der Waals surface area contributed by atoms with Crippen LogP contribution in [0.1, 0.15) is 26.7 Å². The number of nitro groups is 1. The molecule has 0 bridgehead atoms. The van der Waals surface area contributed by atoms with Crippen LogP contribution in [0.3, 0.4) is 0 Å². The van der Waals surface area contributed by atoms with Gasteiger partial charge in [-0.15, -0.1) is 0 Å². The second-order valence-corrected chi connectivity index (χ2v) is 4.59. The summed E-state index contributed by atoms with van der Waals surface area (Å²) in [5.41, 5.74) is -1.59. The van der Waals surface area contributed by atoms with Crippen molar-refractivity contribution in [3.05, 3.63) is 22.5 Å². The molecule has 110 valence electrons. The number of amides is 1. The predicted molar refractivity (Wildman–Crippen MR) is 68.0 cm³/mol. The molecule has 1 unspecified atom stereocenters. The largest absolute Gasteiger partial charge is 0.480 e. The Morgan fingerprint density at radius 2 is 2.25 bits per heavy atom. The summed E-state index contributed by atoms with van der Waals surface area (Å²) < 4.78 is 1.09. The van der Waals surface area contributed by atoms with E-state index in [1.807, 2.05) is 6.92 Å². The van der Waals surface area contributed by atoms with Gasteiger partial charge in [0, 0.05) is 0 Å². The number of hydrogen-bond donors (Lipinski definition) is 2. The molecule has 20 heavy (non-hydrogen) atoms. The summed E-state index contributed by atoms with van der Waals surface area (Å²) in [6.45, 7) is 2.95. The third-order valence-corrected chi connectivity index (χ3v) is 2.77. The molecule has 1 rings (SSSR count). The Kier molecular flexibility index (Phi) is 4.78. The molecule has 0 spiro atoms. The Balaban J connectivity index is 2.70. The minimum atomic E-state index is -1.36. The van der Waals surface area contributed by atoms with Crippen LogP contribution >= 0.6 is 0 Å². The van der Waals surface area contributed by atoms with Crippen molar-refractivity contribution in [3.8, 4) is 0 Å². The molecule has 1 atom stereocenters. The lowest BCUT2D eigenvalue weighted by Gasteiger charge is -2.25. The molecule has 0 saturated carbocycles. The molecule has 0 saturated heterocycles. The van der Waals surface area contributed by atoms with Crippen molar-refractivity contribution in [3.63, 3.8) is 0 Å². The van der Waals surface area contributed by atoms with E-state index in [2.05, 4.69) is 10.4 Å². The number of carbonyl (C=O) groups is 2. The summed E-state index contributed by atoms with van der Waals surface area (Å²) >= 11 is 0. The van der Waals surface area contributed by atoms with E-state index in [-0.39, 0.29) is 18.7 Å². The van der Waals surface area contributed by atoms with Crippen molar-refractivity contribution in [2.24, 2.45) is 0 Å². The van der Waals surface area contributed by atoms with Crippen molar-refractivity contribution in [2.75, 3.05) is 0 Å². The highest BCUT2D eigenvalue weighted by Crippen LogP contribution is 2.13. The van der Waals surface area contributed by atoms with Gasteiger partial charge in [0.2, 0.25) is 5.91 Å². The maximum atomic E-state index is 11.8. The molecule has 9 heteroatoms. The topological polar surface area (TPSA) is 127 Å². The number of carbonyl (C=O) groups excluding carboxylic acids is 1. The Bertz CT molecular complexity index is 527. The lowest BCUT2D eigenvalue weighted by molar-refractivity contribution is -0.385. The van der Waals surface area contributed by atoms with Gasteiger partial charge in [-0.3, -0.25) is 19.6 Å². The average Bonchev–Trinajstić information content (AvgIpc) is 2.77. The molecule has 9 nitrogen and oxygen atoms in total. The van der Waals surface area contributed by atoms with Gasteiger partial charge < -0.3 is 10.4 Å². The normalized spacial score (nSPS) is 13.5. The van der Waals surface area contributed by atoms with Gasteiger partial charge in [0.25, 0.3) is 0 Å². The molecule has 2 N–H and O–H groups in total. The fourth-order valence-electron chi connectivity index (χ4n) is 1.75. The number of carboxylic acid groups (broad SMARTS) is 1. The number of nitrogens with one attached hydrogen (secondary N) is 1. The summed E-state index contributed by atoms with van der Waals surface area (Å²) in [5.74, 6) is -1.69. The standard InChI is InChI=1S/C11H16N4O5/c1-3-4-11(2,10(17)18)13-9(16)7-14-6-8(5-12-14)15(19)20/h5-6H,3-4,7H2,1-2H3,(H,13,16)(H,17,18). The van der Waals surface area contributed by atoms with Crippen LogP contribution < -0.4 is 5.32 Å². The maximum absolute atomic E-state index is 11.8. The van der Waals surface area contributed by atoms with Crippen LogP contribution in [0.25, 0.3) is 0 Å². The van der Waals surface area contributed by atoms with Crippen LogP contribution in [0.5, 0.6) is 0 Å². The zero-order valence-electron chi connectivity index (χ0n) is 11.2. The average molecular weight is 284 g/mol. The van der Waals surface area contributed by atoms with Gasteiger partial charge >= 0.3 is 11.7 Å². The highest BCUT2D eigenvalue weighted by atomic mass is 16.6. The second-order valence-electron chi connectivity index (χ2n) is 4.59. The number of rotatable bonds is 7. The summed E-state index contributed by atoms with van der Waals surface area (Å²) in [6.07, 6.45) is 3.01. The Morgan fingerprint density at radius 3 is 2.70 bits per heavy atom. The molecule has 0 aliphatic heterocycles. The minimum Gasteiger partial charge on any atom is -0.480 e. The quantitative estimate of drug-likeness (QED) is 0.556. The fraction of sp³-hybridized carbons (Fsp3) is 0.545. The number of hydrogen-bond acceptors (Lipinski definition) is 5. The molecular weight excluding hydrogens is 268 g/mol. The summed E-state index contributed by atoms with van der Waals surface area (Å²) in [7, 11) is 0. The monoisotopic (exact) mass is 284 g/mol. The van der Waals surface area contributed by atoms with E-state index in [1.54, 1.807) is 0 Å². The van der Waals surface area contributed by atoms with Crippen LogP contribution in [-0.2, 0) is 16.1 Å². The molecule has 1 amide bonds. The fourth-order valence-corrected chi connectivity index (χ4v) is 1.75. The molecule has 0 fully saturated rings. The summed E-state index contributed by atoms with van der Waals surface area (Å²) in [4.78, 5) is 32.8. The van der Waals surface area contributed by atoms with E-state index in [1.165, 1.54) is 6.92 Å². The molecular formula is C11H16N4O5. The number of aliphatic carboxylic acids is 1. The number of carboxylic acids is 1. The Hall–Kier alpha value is -2.45. The van der Waals surface area contributed by atoms with Crippen molar-refractivity contribution in [1.82, 2.24) is 15.1 Å². The third kappa shape index (κ3) is 3.77. The molecule has 0 radical (unpaired) electrons. The first-order chi connectivity index (χ1) is 9.28. The zero-order valence-corrected chi connectivity index (χ0v) is 11.2. The van der Waals surface area contributed by atoms with Crippen LogP contribution in [0.15, 0.2) is 12.4 Å². The lowest BCUT2D eigenvalue weighted by Crippen LogP contribution is -2.52. The first kappa shape index (κ1) is 15.6. The van der Waals surface area contributed by atoms with E-state index in [9.17, 15) is 19.7 Å². The molecule has 0 aliphatic carbocycles. The minimum absolute atomic E-state index is 0.229. The predicted octanol–water partition coefficient (Wildman–Crippen LogP) is 0.551. The van der Waals surface area contributed by atoms with Gasteiger partial charge in [0.15, 0.2) is 0 Å². The SMILES string of the molecule is CCCC(C)(NC(=O)Cn1cc([N+](=O)[O-])cn1)C(=O)O. The van der Waals surface area contributed by atoms with E-state index in [0.717, 1.165) is 17.1 Å². The Morgan fingerprint density at radius 1 is 1.60 bits per heavy atom. The van der Waals surface area contributed by atoms with Crippen LogP contribution in [-0.4, -0.2) is 37.2 Å². The van der Waals surface area contributed by atoms with Crippen LogP contribution in [0.4, 0.5) is 5.69 Å². The van der Waals surface area contributed by atoms with Crippen molar-refractivity contribution < 1.29 is 19.6 Å². The molecule has 0 aromatic carbocycles. The van der Waals surface area contributed by atoms with Gasteiger partial charge in [-0.1, -0.05) is 13.3 Å². The van der Waals surface area contributed by atoms with E-state index in [4.69, 9.17) is 5.11 Å². The molecule has 1 heterocycles. The third-order valence-electron chi connectivity index (χ3n) is 2.77. The number of aromatic nitrogens is 2. The maximum Gasteiger partial charge on any atom is 0.329 e. The highest BCUT2D eigenvalue weighted by molar-refractivity contribution is 5.86. The van der Waals surface area contributed by atoms with Crippen LogP contribution in [0, 0.1) is 10.1 Å². The summed E-state index contributed by atoms with van der Waals surface area (Å²) in [6, 6.07) is 0. The second kappa shape index (κ2) is 6.13. The van der Waals surface area contributed by atoms with Crippen molar-refractivity contribution in [1.29, 1.82) is 0 Å². The molecule has 1 aromatic heterocycles. The first-order valence-corrected chi connectivity index (χ1v) is 5.99. The lowest BCUT2D eigenvalue weighted by atomic mass is 9.96. The van der Waals surface area contributed by atoms with Gasteiger partial charge in [-0.25, -0.2) is 4.79 Å². The van der Waals surface area contributed by atoms with Gasteiger partial charge in [-0.2, -0.15) is 5.10 Å². The molecule has 1 aromatic rings. The Labute approximate surface area is 114 Å². The smallest absolute Gasteiger partial charge is 0.329 e. The van der Waals surface area contributed by atoms with Gasteiger partial charge in [-0.05, 0) is 13.3 Å². The molecule has 0 aliphatic rings. The zero-order chi connectivity index (χ0) is 15.3. The van der Waals surface area contributed by atoms with Crippen molar-refractivity contribution >= 4 is 17.6 Å². The summed E-state index contributed by atoms with van der Waals surface area (Å²) in [5, 5.41) is 25.7. The van der Waals surface area contributed by atoms with E-state index in [0.29, 0.717) is 6.42 Å². The van der Waals surface area contributed by atoms with Gasteiger partial charge in [0.05, 0.1) is 4.92 Å². The van der Waals surface area contributed by atoms with E-state index >= 15 is 0 Å². The number of nitrogens with zero attached hydrogens (tertiary/aromatic N) is 3. The van der Waals surface area contributed by atoms with Gasteiger partial charge in [0.1, 0.15) is 24.5 Å². The van der Waals surface area contributed by atoms with Crippen molar-refractivity contribution in [2.45, 2.75) is 38.8 Å². The van der Waals surface area contributed by atoms with Crippen LogP contribution in [0.2, 0.25) is 0 Å². The van der Waals surface area contributed by atoms with E-state index < -0.39 is 22.3 Å². The first-order valence-electron chi connectivity index (χ1n) is 5.99.